The van der Waals surface area contributed by atoms with Crippen molar-refractivity contribution in [1.82, 2.24) is 0 Å². The second-order valence-electron chi connectivity index (χ2n) is 3.13. The fourth-order valence-electron chi connectivity index (χ4n) is 1.29. The number of alkyl halides is 1. The molecule has 0 radical (unpaired) electrons. The smallest absolute Gasteiger partial charge is 0.127 e. The van der Waals surface area contributed by atoms with E-state index in [-0.39, 0.29) is 5.92 Å². The zero-order chi connectivity index (χ0) is 10.6. The molecule has 1 atom stereocenters. The number of rotatable bonds is 4. The van der Waals surface area contributed by atoms with Crippen molar-refractivity contribution in [3.8, 4) is 5.75 Å². The fourth-order valence-corrected chi connectivity index (χ4v) is 1.45. The summed E-state index contributed by atoms with van der Waals surface area (Å²) in [5, 5.41) is 0. The van der Waals surface area contributed by atoms with E-state index in [2.05, 4.69) is 0 Å². The summed E-state index contributed by atoms with van der Waals surface area (Å²) in [5.74, 6) is 1.03. The van der Waals surface area contributed by atoms with Crippen molar-refractivity contribution in [3.05, 3.63) is 29.3 Å². The fraction of sp³-hybridized carbons (Fsp3) is 0.364. The number of benzene rings is 1. The number of hydrogen-bond donors (Lipinski definition) is 0. The SMILES string of the molecule is COc1cc(CCl)ccc1C(C)C=O. The van der Waals surface area contributed by atoms with Gasteiger partial charge in [-0.15, -0.1) is 11.6 Å². The Morgan fingerprint density at radius 3 is 2.79 bits per heavy atom. The van der Waals surface area contributed by atoms with E-state index >= 15 is 0 Å². The highest BCUT2D eigenvalue weighted by molar-refractivity contribution is 6.17. The third kappa shape index (κ3) is 2.26. The molecule has 1 rings (SSSR count). The predicted molar refractivity (Wildman–Crippen MR) is 57.0 cm³/mol. The minimum Gasteiger partial charge on any atom is -0.496 e. The highest BCUT2D eigenvalue weighted by Gasteiger charge is 2.10. The van der Waals surface area contributed by atoms with Gasteiger partial charge >= 0.3 is 0 Å². The van der Waals surface area contributed by atoms with Crippen LogP contribution in [0, 0.1) is 0 Å². The molecule has 0 bridgehead atoms. The molecule has 0 heterocycles. The van der Waals surface area contributed by atoms with Crippen LogP contribution in [-0.4, -0.2) is 13.4 Å². The molecule has 14 heavy (non-hydrogen) atoms. The van der Waals surface area contributed by atoms with Crippen LogP contribution in [0.1, 0.15) is 24.0 Å². The maximum atomic E-state index is 10.6. The molecule has 0 saturated heterocycles. The van der Waals surface area contributed by atoms with Crippen LogP contribution in [0.3, 0.4) is 0 Å². The Bertz CT molecular complexity index is 323. The van der Waals surface area contributed by atoms with Crippen LogP contribution in [0.4, 0.5) is 0 Å². The lowest BCUT2D eigenvalue weighted by molar-refractivity contribution is -0.108. The number of hydrogen-bond acceptors (Lipinski definition) is 2. The van der Waals surface area contributed by atoms with Crippen molar-refractivity contribution < 1.29 is 9.53 Å². The van der Waals surface area contributed by atoms with E-state index in [0.29, 0.717) is 5.88 Å². The largest absolute Gasteiger partial charge is 0.496 e. The van der Waals surface area contributed by atoms with Crippen LogP contribution in [-0.2, 0) is 10.7 Å². The van der Waals surface area contributed by atoms with Gasteiger partial charge in [0.05, 0.1) is 7.11 Å². The van der Waals surface area contributed by atoms with E-state index in [9.17, 15) is 4.79 Å². The Kier molecular flexibility index (Phi) is 3.96. The molecule has 0 saturated carbocycles. The summed E-state index contributed by atoms with van der Waals surface area (Å²) >= 11 is 5.70. The van der Waals surface area contributed by atoms with Crippen molar-refractivity contribution in [1.29, 1.82) is 0 Å². The number of ether oxygens (including phenoxy) is 1. The number of halogens is 1. The second kappa shape index (κ2) is 5.01. The Balaban J connectivity index is 3.10. The molecule has 0 spiro atoms. The van der Waals surface area contributed by atoms with Gasteiger partial charge in [0.2, 0.25) is 0 Å². The van der Waals surface area contributed by atoms with Gasteiger partial charge in [0.25, 0.3) is 0 Å². The lowest BCUT2D eigenvalue weighted by Gasteiger charge is -2.11. The standard InChI is InChI=1S/C11H13ClO2/c1-8(7-13)10-4-3-9(6-12)5-11(10)14-2/h3-5,7-8H,6H2,1-2H3. The van der Waals surface area contributed by atoms with Gasteiger partial charge in [0, 0.05) is 17.4 Å². The maximum absolute atomic E-state index is 10.6. The van der Waals surface area contributed by atoms with E-state index in [1.165, 1.54) is 0 Å². The molecule has 0 aromatic heterocycles. The van der Waals surface area contributed by atoms with E-state index in [1.54, 1.807) is 7.11 Å². The van der Waals surface area contributed by atoms with Crippen molar-refractivity contribution >= 4 is 17.9 Å². The van der Waals surface area contributed by atoms with Crippen LogP contribution in [0.2, 0.25) is 0 Å². The van der Waals surface area contributed by atoms with Crippen LogP contribution in [0.15, 0.2) is 18.2 Å². The first kappa shape index (κ1) is 11.1. The molecule has 2 nitrogen and oxygen atoms in total. The monoisotopic (exact) mass is 212 g/mol. The lowest BCUT2D eigenvalue weighted by Crippen LogP contribution is -1.99. The van der Waals surface area contributed by atoms with Crippen LogP contribution in [0.5, 0.6) is 5.75 Å². The Labute approximate surface area is 88.8 Å². The number of carbonyl (C=O) groups is 1. The predicted octanol–water partition coefficient (Wildman–Crippen LogP) is 2.74. The lowest BCUT2D eigenvalue weighted by atomic mass is 10.0. The minimum atomic E-state index is -0.144. The molecular formula is C11H13ClO2. The second-order valence-corrected chi connectivity index (χ2v) is 3.40. The summed E-state index contributed by atoms with van der Waals surface area (Å²) in [6, 6.07) is 5.66. The average molecular weight is 213 g/mol. The zero-order valence-corrected chi connectivity index (χ0v) is 9.04. The highest BCUT2D eigenvalue weighted by Crippen LogP contribution is 2.26. The minimum absolute atomic E-state index is 0.144. The molecule has 0 aliphatic heterocycles. The van der Waals surface area contributed by atoms with Crippen molar-refractivity contribution in [2.75, 3.05) is 7.11 Å². The first-order valence-electron chi connectivity index (χ1n) is 4.41. The molecule has 1 aromatic rings. The van der Waals surface area contributed by atoms with Gasteiger partial charge in [-0.3, -0.25) is 0 Å². The van der Waals surface area contributed by atoms with Gasteiger partial charge < -0.3 is 9.53 Å². The van der Waals surface area contributed by atoms with E-state index in [4.69, 9.17) is 16.3 Å². The molecular weight excluding hydrogens is 200 g/mol. The Morgan fingerprint density at radius 2 is 2.29 bits per heavy atom. The summed E-state index contributed by atoms with van der Waals surface area (Å²) < 4.78 is 5.19. The molecule has 0 amide bonds. The van der Waals surface area contributed by atoms with E-state index in [0.717, 1.165) is 23.2 Å². The summed E-state index contributed by atoms with van der Waals surface area (Å²) in [6.07, 6.45) is 0.901. The summed E-state index contributed by atoms with van der Waals surface area (Å²) in [5.41, 5.74) is 1.89. The normalized spacial score (nSPS) is 12.2. The van der Waals surface area contributed by atoms with Gasteiger partial charge in [0.1, 0.15) is 12.0 Å². The molecule has 76 valence electrons. The van der Waals surface area contributed by atoms with Gasteiger partial charge in [-0.25, -0.2) is 0 Å². The molecule has 0 aliphatic rings. The van der Waals surface area contributed by atoms with Crippen LogP contribution >= 0.6 is 11.6 Å². The third-order valence-corrected chi connectivity index (χ3v) is 2.46. The average Bonchev–Trinajstić information content (AvgIpc) is 2.27. The van der Waals surface area contributed by atoms with Gasteiger partial charge in [0.15, 0.2) is 0 Å². The molecule has 0 fully saturated rings. The number of methoxy groups -OCH3 is 1. The quantitative estimate of drug-likeness (QED) is 0.567. The number of aldehydes is 1. The molecule has 0 N–H and O–H groups in total. The topological polar surface area (TPSA) is 26.3 Å². The van der Waals surface area contributed by atoms with Crippen molar-refractivity contribution in [3.63, 3.8) is 0 Å². The van der Waals surface area contributed by atoms with E-state index in [1.807, 2.05) is 25.1 Å². The van der Waals surface area contributed by atoms with Gasteiger partial charge in [-0.1, -0.05) is 19.1 Å². The first-order chi connectivity index (χ1) is 6.72. The van der Waals surface area contributed by atoms with Gasteiger partial charge in [-0.05, 0) is 11.6 Å². The molecule has 1 aromatic carbocycles. The van der Waals surface area contributed by atoms with E-state index < -0.39 is 0 Å². The Morgan fingerprint density at radius 1 is 1.57 bits per heavy atom. The van der Waals surface area contributed by atoms with Crippen molar-refractivity contribution in [2.24, 2.45) is 0 Å². The highest BCUT2D eigenvalue weighted by atomic mass is 35.5. The molecule has 1 unspecified atom stereocenters. The zero-order valence-electron chi connectivity index (χ0n) is 8.29. The maximum Gasteiger partial charge on any atom is 0.127 e. The molecule has 0 aliphatic carbocycles. The third-order valence-electron chi connectivity index (χ3n) is 2.15. The first-order valence-corrected chi connectivity index (χ1v) is 4.94. The summed E-state index contributed by atoms with van der Waals surface area (Å²) in [4.78, 5) is 10.6. The van der Waals surface area contributed by atoms with Gasteiger partial charge in [-0.2, -0.15) is 0 Å². The van der Waals surface area contributed by atoms with Crippen LogP contribution in [0.25, 0.3) is 0 Å². The van der Waals surface area contributed by atoms with Crippen LogP contribution < -0.4 is 4.74 Å². The summed E-state index contributed by atoms with van der Waals surface area (Å²) in [6.45, 7) is 1.84. The number of carbonyl (C=O) groups excluding carboxylic acids is 1. The van der Waals surface area contributed by atoms with Crippen molar-refractivity contribution in [2.45, 2.75) is 18.7 Å². The molecule has 3 heteroatoms. The summed E-state index contributed by atoms with van der Waals surface area (Å²) in [7, 11) is 1.59. The Hall–Kier alpha value is -1.02.